The number of nitrogens with zero attached hydrogens (tertiary/aromatic N) is 1. The van der Waals surface area contributed by atoms with Crippen LogP contribution in [-0.2, 0) is 6.18 Å². The summed E-state index contributed by atoms with van der Waals surface area (Å²) in [5.74, 6) is -0.566. The Morgan fingerprint density at radius 1 is 1.14 bits per heavy atom. The van der Waals surface area contributed by atoms with Crippen LogP contribution < -0.4 is 15.5 Å². The van der Waals surface area contributed by atoms with Gasteiger partial charge in [-0.1, -0.05) is 27.5 Å². The maximum Gasteiger partial charge on any atom is 0.416 e. The lowest BCUT2D eigenvalue weighted by atomic mass is 10.1. The molecule has 1 amide bonds. The SMILES string of the molecule is O=C(NC(=S)Nc1cc(C(F)(F)F)ccc1N1CCCC1)c1cc(Br)ccc1Cl. The van der Waals surface area contributed by atoms with Gasteiger partial charge in [-0.2, -0.15) is 13.2 Å². The predicted molar refractivity (Wildman–Crippen MR) is 116 cm³/mol. The fraction of sp³-hybridized carbons (Fsp3) is 0.263. The summed E-state index contributed by atoms with van der Waals surface area (Å²) in [5.41, 5.74) is 0.182. The van der Waals surface area contributed by atoms with Gasteiger partial charge < -0.3 is 10.2 Å². The Balaban J connectivity index is 1.82. The Bertz CT molecular complexity index is 949. The normalized spacial score (nSPS) is 14.0. The van der Waals surface area contributed by atoms with Crippen LogP contribution in [0.4, 0.5) is 24.5 Å². The van der Waals surface area contributed by atoms with Crippen LogP contribution in [-0.4, -0.2) is 24.1 Å². The molecule has 0 aliphatic carbocycles. The molecule has 1 aliphatic heterocycles. The van der Waals surface area contributed by atoms with Crippen molar-refractivity contribution < 1.29 is 18.0 Å². The van der Waals surface area contributed by atoms with Crippen molar-refractivity contribution in [3.05, 3.63) is 57.0 Å². The summed E-state index contributed by atoms with van der Waals surface area (Å²) >= 11 is 14.5. The molecule has 154 valence electrons. The number of alkyl halides is 3. The van der Waals surface area contributed by atoms with Crippen molar-refractivity contribution in [1.29, 1.82) is 0 Å². The van der Waals surface area contributed by atoms with Crippen LogP contribution in [0.5, 0.6) is 0 Å². The van der Waals surface area contributed by atoms with E-state index in [9.17, 15) is 18.0 Å². The average molecular weight is 507 g/mol. The molecule has 1 saturated heterocycles. The second-order valence-corrected chi connectivity index (χ2v) is 8.19. The maximum atomic E-state index is 13.2. The molecule has 0 saturated carbocycles. The third kappa shape index (κ3) is 5.40. The van der Waals surface area contributed by atoms with Crippen molar-refractivity contribution in [3.63, 3.8) is 0 Å². The van der Waals surface area contributed by atoms with E-state index < -0.39 is 17.6 Å². The first kappa shape index (κ1) is 21.9. The summed E-state index contributed by atoms with van der Waals surface area (Å²) in [4.78, 5) is 14.4. The minimum Gasteiger partial charge on any atom is -0.370 e. The van der Waals surface area contributed by atoms with Gasteiger partial charge in [0.15, 0.2) is 5.11 Å². The average Bonchev–Trinajstić information content (AvgIpc) is 3.17. The minimum absolute atomic E-state index is 0.120. The molecule has 2 aromatic rings. The van der Waals surface area contributed by atoms with Crippen LogP contribution in [0.2, 0.25) is 5.02 Å². The Labute approximate surface area is 184 Å². The smallest absolute Gasteiger partial charge is 0.370 e. The van der Waals surface area contributed by atoms with Gasteiger partial charge in [0.2, 0.25) is 0 Å². The number of anilines is 2. The van der Waals surface area contributed by atoms with E-state index in [2.05, 4.69) is 26.6 Å². The zero-order valence-corrected chi connectivity index (χ0v) is 18.1. The maximum absolute atomic E-state index is 13.2. The molecule has 1 fully saturated rings. The van der Waals surface area contributed by atoms with Gasteiger partial charge in [0.1, 0.15) is 0 Å². The summed E-state index contributed by atoms with van der Waals surface area (Å²) in [7, 11) is 0. The van der Waals surface area contributed by atoms with Crippen LogP contribution in [0.15, 0.2) is 40.9 Å². The van der Waals surface area contributed by atoms with E-state index in [1.165, 1.54) is 12.1 Å². The molecule has 0 unspecified atom stereocenters. The van der Waals surface area contributed by atoms with E-state index in [0.29, 0.717) is 10.2 Å². The lowest BCUT2D eigenvalue weighted by Gasteiger charge is -2.23. The number of amides is 1. The summed E-state index contributed by atoms with van der Waals surface area (Å²) in [5, 5.41) is 5.31. The standard InChI is InChI=1S/C19H16BrClF3N3OS/c20-12-4-5-14(21)13(10-12)17(28)26-18(29)25-15-9-11(19(22,23)24)3-6-16(15)27-7-1-2-8-27/h3-6,9-10H,1-2,7-8H2,(H2,25,26,28,29). The van der Waals surface area contributed by atoms with E-state index in [4.69, 9.17) is 23.8 Å². The minimum atomic E-state index is -4.49. The first-order chi connectivity index (χ1) is 13.6. The van der Waals surface area contributed by atoms with Gasteiger partial charge in [0, 0.05) is 17.6 Å². The van der Waals surface area contributed by atoms with Crippen molar-refractivity contribution in [2.24, 2.45) is 0 Å². The van der Waals surface area contributed by atoms with Gasteiger partial charge in [0.05, 0.1) is 27.5 Å². The number of thiocarbonyl (C=S) groups is 1. The zero-order valence-electron chi connectivity index (χ0n) is 14.9. The molecule has 0 radical (unpaired) electrons. The number of benzene rings is 2. The molecule has 29 heavy (non-hydrogen) atoms. The van der Waals surface area contributed by atoms with E-state index in [1.54, 1.807) is 12.1 Å². The Hall–Kier alpha value is -1.84. The monoisotopic (exact) mass is 505 g/mol. The van der Waals surface area contributed by atoms with Gasteiger partial charge in [-0.25, -0.2) is 0 Å². The second-order valence-electron chi connectivity index (χ2n) is 6.46. The lowest BCUT2D eigenvalue weighted by Crippen LogP contribution is -2.35. The Kier molecular flexibility index (Phi) is 6.70. The van der Waals surface area contributed by atoms with Crippen molar-refractivity contribution in [2.75, 3.05) is 23.3 Å². The highest BCUT2D eigenvalue weighted by Gasteiger charge is 2.32. The number of carbonyl (C=O) groups excluding carboxylic acids is 1. The molecule has 0 bridgehead atoms. The third-order valence-corrected chi connectivity index (χ3v) is 5.45. The predicted octanol–water partition coefficient (Wildman–Crippen LogP) is 5.85. The van der Waals surface area contributed by atoms with Gasteiger partial charge in [-0.3, -0.25) is 10.1 Å². The molecule has 10 heteroatoms. The number of nitrogens with one attached hydrogen (secondary N) is 2. The van der Waals surface area contributed by atoms with Gasteiger partial charge in [0.25, 0.3) is 5.91 Å². The van der Waals surface area contributed by atoms with E-state index >= 15 is 0 Å². The first-order valence-electron chi connectivity index (χ1n) is 8.69. The first-order valence-corrected chi connectivity index (χ1v) is 10.3. The zero-order chi connectivity index (χ0) is 21.2. The number of hydrogen-bond acceptors (Lipinski definition) is 3. The molecule has 0 aromatic heterocycles. The molecule has 0 atom stereocenters. The number of carbonyl (C=O) groups is 1. The van der Waals surface area contributed by atoms with E-state index in [0.717, 1.165) is 38.1 Å². The molecule has 0 spiro atoms. The summed E-state index contributed by atoms with van der Waals surface area (Å²) < 4.78 is 40.1. The van der Waals surface area contributed by atoms with Crippen molar-refractivity contribution in [3.8, 4) is 0 Å². The van der Waals surface area contributed by atoms with Crippen molar-refractivity contribution in [2.45, 2.75) is 19.0 Å². The number of halogens is 5. The highest BCUT2D eigenvalue weighted by atomic mass is 79.9. The van der Waals surface area contributed by atoms with Crippen LogP contribution in [0.3, 0.4) is 0 Å². The van der Waals surface area contributed by atoms with Gasteiger partial charge in [-0.05, 0) is 61.5 Å². The molecule has 1 aliphatic rings. The second kappa shape index (κ2) is 8.89. The summed E-state index contributed by atoms with van der Waals surface area (Å²) in [6, 6.07) is 8.22. The highest BCUT2D eigenvalue weighted by Crippen LogP contribution is 2.36. The molecule has 3 rings (SSSR count). The van der Waals surface area contributed by atoms with Gasteiger partial charge in [-0.15, -0.1) is 0 Å². The molecule has 2 aromatic carbocycles. The van der Waals surface area contributed by atoms with Crippen LogP contribution in [0.25, 0.3) is 0 Å². The van der Waals surface area contributed by atoms with E-state index in [-0.39, 0.29) is 21.4 Å². The lowest BCUT2D eigenvalue weighted by molar-refractivity contribution is -0.137. The summed E-state index contributed by atoms with van der Waals surface area (Å²) in [6.07, 6.45) is -2.57. The van der Waals surface area contributed by atoms with Crippen LogP contribution in [0, 0.1) is 0 Å². The third-order valence-electron chi connectivity index (χ3n) is 4.42. The molecular weight excluding hydrogens is 491 g/mol. The largest absolute Gasteiger partial charge is 0.416 e. The fourth-order valence-electron chi connectivity index (χ4n) is 3.04. The highest BCUT2D eigenvalue weighted by molar-refractivity contribution is 9.10. The van der Waals surface area contributed by atoms with Crippen LogP contribution in [0.1, 0.15) is 28.8 Å². The fourth-order valence-corrected chi connectivity index (χ4v) is 3.81. The molecule has 2 N–H and O–H groups in total. The molecule has 4 nitrogen and oxygen atoms in total. The number of rotatable bonds is 3. The van der Waals surface area contributed by atoms with Crippen LogP contribution >= 0.6 is 39.7 Å². The molecule has 1 heterocycles. The number of hydrogen-bond donors (Lipinski definition) is 2. The molecular formula is C19H16BrClF3N3OS. The van der Waals surface area contributed by atoms with E-state index in [1.807, 2.05) is 4.90 Å². The Morgan fingerprint density at radius 3 is 2.48 bits per heavy atom. The summed E-state index contributed by atoms with van der Waals surface area (Å²) in [6.45, 7) is 1.49. The Morgan fingerprint density at radius 2 is 1.83 bits per heavy atom. The quantitative estimate of drug-likeness (QED) is 0.513. The van der Waals surface area contributed by atoms with Gasteiger partial charge >= 0.3 is 6.18 Å². The van der Waals surface area contributed by atoms with Crippen molar-refractivity contribution >= 4 is 62.1 Å². The van der Waals surface area contributed by atoms with Crippen molar-refractivity contribution in [1.82, 2.24) is 5.32 Å². The topological polar surface area (TPSA) is 44.4 Å².